The maximum absolute atomic E-state index is 14.8. The number of hydrogen-bond acceptors (Lipinski definition) is 7. The molecule has 9 heteroatoms. The number of benzene rings is 2. The number of halogens is 1. The summed E-state index contributed by atoms with van der Waals surface area (Å²) in [6, 6.07) is 21.9. The molecule has 43 heavy (non-hydrogen) atoms. The first-order chi connectivity index (χ1) is 20.9. The molecule has 0 atom stereocenters. The van der Waals surface area contributed by atoms with Crippen molar-refractivity contribution in [3.05, 3.63) is 102 Å². The van der Waals surface area contributed by atoms with Gasteiger partial charge < -0.3 is 15.6 Å². The third kappa shape index (κ3) is 5.54. The largest absolute Gasteiger partial charge is 0.355 e. The number of nitrogens with zero attached hydrogens (tertiary/aromatic N) is 5. The summed E-state index contributed by atoms with van der Waals surface area (Å²) in [5.74, 6) is 0.631. The number of aromatic nitrogens is 5. The maximum Gasteiger partial charge on any atom is 0.157 e. The van der Waals surface area contributed by atoms with Gasteiger partial charge in [0, 0.05) is 46.6 Å². The van der Waals surface area contributed by atoms with Crippen LogP contribution in [0.3, 0.4) is 0 Å². The van der Waals surface area contributed by atoms with E-state index in [4.69, 9.17) is 15.0 Å². The summed E-state index contributed by atoms with van der Waals surface area (Å²) < 4.78 is 14.8. The highest BCUT2D eigenvalue weighted by Gasteiger charge is 2.19. The molecule has 0 unspecified atom stereocenters. The first-order valence-corrected chi connectivity index (χ1v) is 14.3. The van der Waals surface area contributed by atoms with Gasteiger partial charge in [-0.15, -0.1) is 0 Å². The second-order valence-electron chi connectivity index (χ2n) is 11.1. The molecule has 0 radical (unpaired) electrons. The summed E-state index contributed by atoms with van der Waals surface area (Å²) in [6.07, 6.45) is 4.27. The fourth-order valence-electron chi connectivity index (χ4n) is 5.56. The number of pyridine rings is 3. The SMILES string of the molecule is Cc1cc(Nc2ccc3nc(-c4ccc(Nc5cc(C)nc6ccc(C7=C(F)CN(C)CC7)cc56)cn4)[nH]c3c2)ccn1. The number of fused-ring (bicyclic) bond motifs is 2. The van der Waals surface area contributed by atoms with Gasteiger partial charge >= 0.3 is 0 Å². The lowest BCUT2D eigenvalue weighted by atomic mass is 9.97. The third-order valence-electron chi connectivity index (χ3n) is 7.72. The van der Waals surface area contributed by atoms with Crippen molar-refractivity contribution in [1.82, 2.24) is 29.8 Å². The van der Waals surface area contributed by atoms with E-state index in [1.54, 1.807) is 12.4 Å². The van der Waals surface area contributed by atoms with Crippen LogP contribution in [0.5, 0.6) is 0 Å². The van der Waals surface area contributed by atoms with Crippen LogP contribution in [0.2, 0.25) is 0 Å². The van der Waals surface area contributed by atoms with Crippen LogP contribution < -0.4 is 10.6 Å². The first kappa shape index (κ1) is 26.7. The van der Waals surface area contributed by atoms with E-state index in [1.165, 1.54) is 0 Å². The first-order valence-electron chi connectivity index (χ1n) is 14.3. The lowest BCUT2D eigenvalue weighted by molar-refractivity contribution is 0.327. The zero-order valence-corrected chi connectivity index (χ0v) is 24.2. The van der Waals surface area contributed by atoms with Gasteiger partial charge in [0.2, 0.25) is 0 Å². The molecular formula is C34H31FN8. The second kappa shape index (κ2) is 10.9. The number of aromatic amines is 1. The fraction of sp³-hybridized carbons (Fsp3) is 0.176. The van der Waals surface area contributed by atoms with Crippen LogP contribution in [0.1, 0.15) is 23.4 Å². The van der Waals surface area contributed by atoms with Crippen molar-refractivity contribution in [3.63, 3.8) is 0 Å². The van der Waals surface area contributed by atoms with Crippen LogP contribution >= 0.6 is 0 Å². The van der Waals surface area contributed by atoms with Crippen LogP contribution in [0, 0.1) is 13.8 Å². The molecule has 1 aliphatic heterocycles. The van der Waals surface area contributed by atoms with Crippen LogP contribution in [0.4, 0.5) is 27.1 Å². The van der Waals surface area contributed by atoms with Crippen LogP contribution in [0.15, 0.2) is 85.0 Å². The van der Waals surface area contributed by atoms with E-state index >= 15 is 0 Å². The van der Waals surface area contributed by atoms with Crippen molar-refractivity contribution in [3.8, 4) is 11.5 Å². The zero-order chi connectivity index (χ0) is 29.5. The Kier molecular flexibility index (Phi) is 6.79. The lowest BCUT2D eigenvalue weighted by Gasteiger charge is -2.24. The van der Waals surface area contributed by atoms with E-state index in [9.17, 15) is 4.39 Å². The number of likely N-dealkylation sites (N-methyl/N-ethyl adjacent to an activating group) is 1. The Bertz CT molecular complexity index is 2010. The van der Waals surface area contributed by atoms with E-state index in [-0.39, 0.29) is 5.83 Å². The molecular weight excluding hydrogens is 539 g/mol. The van der Waals surface area contributed by atoms with Crippen LogP contribution in [-0.2, 0) is 0 Å². The minimum Gasteiger partial charge on any atom is -0.355 e. The maximum atomic E-state index is 14.8. The monoisotopic (exact) mass is 570 g/mol. The van der Waals surface area contributed by atoms with E-state index in [0.717, 1.165) is 79.4 Å². The molecule has 4 aromatic heterocycles. The Morgan fingerprint density at radius 1 is 0.814 bits per heavy atom. The number of nitrogens with one attached hydrogen (secondary N) is 3. The Labute approximate surface area is 248 Å². The molecule has 2 aromatic carbocycles. The Morgan fingerprint density at radius 3 is 2.47 bits per heavy atom. The van der Waals surface area contributed by atoms with Gasteiger partial charge in [0.1, 0.15) is 11.5 Å². The average molecular weight is 571 g/mol. The van der Waals surface area contributed by atoms with E-state index < -0.39 is 0 Å². The Morgan fingerprint density at radius 2 is 1.65 bits per heavy atom. The second-order valence-corrected chi connectivity index (χ2v) is 11.1. The minimum absolute atomic E-state index is 0.0654. The van der Waals surface area contributed by atoms with Gasteiger partial charge in [-0.2, -0.15) is 0 Å². The van der Waals surface area contributed by atoms with Gasteiger partial charge in [-0.1, -0.05) is 6.07 Å². The van der Waals surface area contributed by atoms with Crippen molar-refractivity contribution in [2.24, 2.45) is 0 Å². The molecule has 5 heterocycles. The molecule has 8 nitrogen and oxygen atoms in total. The predicted molar refractivity (Wildman–Crippen MR) is 171 cm³/mol. The molecule has 1 aliphatic rings. The summed E-state index contributed by atoms with van der Waals surface area (Å²) in [7, 11) is 1.94. The highest BCUT2D eigenvalue weighted by atomic mass is 19.1. The van der Waals surface area contributed by atoms with Crippen molar-refractivity contribution in [2.75, 3.05) is 30.8 Å². The van der Waals surface area contributed by atoms with Crippen LogP contribution in [0.25, 0.3) is 39.0 Å². The van der Waals surface area contributed by atoms with E-state index in [0.29, 0.717) is 18.8 Å². The lowest BCUT2D eigenvalue weighted by Crippen LogP contribution is -2.26. The van der Waals surface area contributed by atoms with Crippen molar-refractivity contribution < 1.29 is 4.39 Å². The third-order valence-corrected chi connectivity index (χ3v) is 7.72. The molecule has 214 valence electrons. The van der Waals surface area contributed by atoms with E-state index in [1.807, 2.05) is 92.5 Å². The van der Waals surface area contributed by atoms with Crippen molar-refractivity contribution in [2.45, 2.75) is 20.3 Å². The van der Waals surface area contributed by atoms with Crippen molar-refractivity contribution >= 4 is 50.3 Å². The number of anilines is 4. The molecule has 0 saturated heterocycles. The number of imidazole rings is 1. The molecule has 7 rings (SSSR count). The van der Waals surface area contributed by atoms with Crippen LogP contribution in [-0.4, -0.2) is 50.0 Å². The highest BCUT2D eigenvalue weighted by molar-refractivity contribution is 5.95. The zero-order valence-electron chi connectivity index (χ0n) is 24.2. The van der Waals surface area contributed by atoms with Gasteiger partial charge in [-0.3, -0.25) is 19.9 Å². The molecule has 0 spiro atoms. The van der Waals surface area contributed by atoms with Gasteiger partial charge in [-0.25, -0.2) is 9.37 Å². The average Bonchev–Trinajstić information content (AvgIpc) is 3.41. The van der Waals surface area contributed by atoms with Gasteiger partial charge in [-0.05, 0) is 99.1 Å². The van der Waals surface area contributed by atoms with E-state index in [2.05, 4.69) is 20.6 Å². The molecule has 3 N–H and O–H groups in total. The van der Waals surface area contributed by atoms with Gasteiger partial charge in [0.15, 0.2) is 5.82 Å². The minimum atomic E-state index is -0.0654. The fourth-order valence-corrected chi connectivity index (χ4v) is 5.56. The number of rotatable bonds is 6. The summed E-state index contributed by atoms with van der Waals surface area (Å²) >= 11 is 0. The quantitative estimate of drug-likeness (QED) is 0.189. The Balaban J connectivity index is 1.14. The molecule has 6 aromatic rings. The molecule has 0 saturated carbocycles. The summed E-state index contributed by atoms with van der Waals surface area (Å²) in [6.45, 7) is 5.12. The summed E-state index contributed by atoms with van der Waals surface area (Å²) in [5, 5.41) is 7.87. The normalized spacial score (nSPS) is 14.0. The van der Waals surface area contributed by atoms with Crippen molar-refractivity contribution in [1.29, 1.82) is 0 Å². The summed E-state index contributed by atoms with van der Waals surface area (Å²) in [5.41, 5.74) is 10.6. The standard InChI is InChI=1S/C34H31FN8/c1-20-14-24(10-12-36-20)39-23-5-8-30-33(17-23)42-34(41-30)31-9-6-25(18-37-31)40-32-15-21(2)38-29-7-4-22(16-27(29)32)26-11-13-43(3)19-28(26)35/h4-10,12,14-18H,11,13,19H2,1-3H3,(H,36,39)(H,38,40)(H,41,42). The topological polar surface area (TPSA) is 94.6 Å². The summed E-state index contributed by atoms with van der Waals surface area (Å²) in [4.78, 5) is 23.8. The molecule has 0 fully saturated rings. The van der Waals surface area contributed by atoms with Gasteiger partial charge in [0.25, 0.3) is 0 Å². The molecule has 0 bridgehead atoms. The number of H-pyrrole nitrogens is 1. The number of aryl methyl sites for hydroxylation is 2. The number of hydrogen-bond donors (Lipinski definition) is 3. The van der Waals surface area contributed by atoms with Gasteiger partial charge in [0.05, 0.1) is 35.0 Å². The smallest absolute Gasteiger partial charge is 0.157 e. The molecule has 0 aliphatic carbocycles. The highest BCUT2D eigenvalue weighted by Crippen LogP contribution is 2.33. The Hall–Kier alpha value is -5.15. The molecule has 0 amide bonds. The predicted octanol–water partition coefficient (Wildman–Crippen LogP) is 7.69.